The molecule has 0 saturated carbocycles. The summed E-state index contributed by atoms with van der Waals surface area (Å²) in [6.07, 6.45) is 3.64. The van der Waals surface area contributed by atoms with Gasteiger partial charge in [-0.25, -0.2) is 0 Å². The van der Waals surface area contributed by atoms with E-state index in [1.54, 1.807) is 0 Å². The van der Waals surface area contributed by atoms with Crippen molar-refractivity contribution in [2.24, 2.45) is 5.92 Å². The Bertz CT molecular complexity index is 377. The quantitative estimate of drug-likeness (QED) is 0.665. The van der Waals surface area contributed by atoms with Crippen molar-refractivity contribution in [3.8, 4) is 5.75 Å². The molecule has 2 nitrogen and oxygen atoms in total. The van der Waals surface area contributed by atoms with Gasteiger partial charge in [-0.2, -0.15) is 0 Å². The fourth-order valence-corrected chi connectivity index (χ4v) is 2.58. The van der Waals surface area contributed by atoms with Crippen LogP contribution in [0, 0.1) is 19.8 Å². The maximum Gasteiger partial charge on any atom is 0.125 e. The molecule has 1 aromatic rings. The summed E-state index contributed by atoms with van der Waals surface area (Å²) in [5.41, 5.74) is 3.85. The molecule has 0 amide bonds. The Morgan fingerprint density at radius 3 is 2.30 bits per heavy atom. The standard InChI is InChI=1S/C18H31NO/c1-6-8-14(3)13-20-18-15(4)10-17(11-16(18)5)12-19-9-7-2/h10-11,14,19H,6-9,12-13H2,1-5H3. The van der Waals surface area contributed by atoms with Crippen molar-refractivity contribution < 1.29 is 4.74 Å². The first kappa shape index (κ1) is 17.0. The lowest BCUT2D eigenvalue weighted by atomic mass is 10.0. The molecule has 0 aromatic heterocycles. The van der Waals surface area contributed by atoms with E-state index < -0.39 is 0 Å². The minimum Gasteiger partial charge on any atom is -0.493 e. The van der Waals surface area contributed by atoms with E-state index in [0.29, 0.717) is 5.92 Å². The molecular weight excluding hydrogens is 246 g/mol. The third-order valence-corrected chi connectivity index (χ3v) is 3.57. The monoisotopic (exact) mass is 277 g/mol. The van der Waals surface area contributed by atoms with E-state index in [2.05, 4.69) is 52.1 Å². The lowest BCUT2D eigenvalue weighted by Crippen LogP contribution is -2.14. The maximum atomic E-state index is 6.04. The van der Waals surface area contributed by atoms with Crippen LogP contribution in [0.5, 0.6) is 5.75 Å². The number of aryl methyl sites for hydroxylation is 2. The predicted octanol–water partition coefficient (Wildman–Crippen LogP) is 4.62. The molecule has 0 fully saturated rings. The van der Waals surface area contributed by atoms with Gasteiger partial charge in [0, 0.05) is 6.54 Å². The van der Waals surface area contributed by atoms with E-state index in [0.717, 1.165) is 25.4 Å². The number of benzene rings is 1. The van der Waals surface area contributed by atoms with Crippen LogP contribution in [-0.2, 0) is 6.54 Å². The Hall–Kier alpha value is -1.02. The second-order valence-electron chi connectivity index (χ2n) is 5.94. The Labute approximate surface area is 124 Å². The molecule has 20 heavy (non-hydrogen) atoms. The molecule has 0 saturated heterocycles. The van der Waals surface area contributed by atoms with E-state index in [1.165, 1.54) is 36.0 Å². The summed E-state index contributed by atoms with van der Waals surface area (Å²) in [7, 11) is 0. The maximum absolute atomic E-state index is 6.04. The third kappa shape index (κ3) is 5.54. The molecule has 0 bridgehead atoms. The summed E-state index contributed by atoms with van der Waals surface area (Å²) in [5, 5.41) is 3.45. The van der Waals surface area contributed by atoms with Gasteiger partial charge in [-0.15, -0.1) is 0 Å². The fourth-order valence-electron chi connectivity index (χ4n) is 2.58. The number of hydrogen-bond donors (Lipinski definition) is 1. The highest BCUT2D eigenvalue weighted by molar-refractivity contribution is 5.43. The smallest absolute Gasteiger partial charge is 0.125 e. The summed E-state index contributed by atoms with van der Waals surface area (Å²) < 4.78 is 6.04. The van der Waals surface area contributed by atoms with Gasteiger partial charge in [0.2, 0.25) is 0 Å². The summed E-state index contributed by atoms with van der Waals surface area (Å²) in [6.45, 7) is 13.8. The van der Waals surface area contributed by atoms with Crippen LogP contribution < -0.4 is 10.1 Å². The molecule has 1 unspecified atom stereocenters. The van der Waals surface area contributed by atoms with Gasteiger partial charge < -0.3 is 10.1 Å². The lowest BCUT2D eigenvalue weighted by Gasteiger charge is -2.17. The van der Waals surface area contributed by atoms with Crippen molar-refractivity contribution in [2.45, 2.75) is 60.4 Å². The SMILES string of the molecule is CCCNCc1cc(C)c(OCC(C)CCC)c(C)c1. The van der Waals surface area contributed by atoms with Crippen molar-refractivity contribution in [3.63, 3.8) is 0 Å². The van der Waals surface area contributed by atoms with E-state index in [4.69, 9.17) is 4.74 Å². The molecule has 1 atom stereocenters. The predicted molar refractivity (Wildman–Crippen MR) is 87.5 cm³/mol. The van der Waals surface area contributed by atoms with Crippen LogP contribution in [-0.4, -0.2) is 13.2 Å². The van der Waals surface area contributed by atoms with Crippen LogP contribution >= 0.6 is 0 Å². The summed E-state index contributed by atoms with van der Waals surface area (Å²) in [4.78, 5) is 0. The average Bonchev–Trinajstić information content (AvgIpc) is 2.38. The zero-order valence-corrected chi connectivity index (χ0v) is 13.9. The van der Waals surface area contributed by atoms with Gasteiger partial charge in [0.1, 0.15) is 5.75 Å². The van der Waals surface area contributed by atoms with Gasteiger partial charge in [0.05, 0.1) is 6.61 Å². The van der Waals surface area contributed by atoms with Gasteiger partial charge in [-0.05, 0) is 55.8 Å². The zero-order chi connectivity index (χ0) is 15.0. The van der Waals surface area contributed by atoms with Gasteiger partial charge in [-0.3, -0.25) is 0 Å². The number of ether oxygens (including phenoxy) is 1. The molecule has 114 valence electrons. The molecule has 0 aliphatic carbocycles. The van der Waals surface area contributed by atoms with Crippen LogP contribution in [0.3, 0.4) is 0 Å². The Morgan fingerprint density at radius 1 is 1.10 bits per heavy atom. The van der Waals surface area contributed by atoms with Crippen molar-refractivity contribution in [1.82, 2.24) is 5.32 Å². The van der Waals surface area contributed by atoms with Gasteiger partial charge in [-0.1, -0.05) is 39.3 Å². The second kappa shape index (κ2) is 9.02. The molecule has 0 heterocycles. The number of rotatable bonds is 9. The average molecular weight is 277 g/mol. The summed E-state index contributed by atoms with van der Waals surface area (Å²) in [5.74, 6) is 1.71. The molecule has 1 aromatic carbocycles. The Morgan fingerprint density at radius 2 is 1.75 bits per heavy atom. The topological polar surface area (TPSA) is 21.3 Å². The molecule has 1 rings (SSSR count). The van der Waals surface area contributed by atoms with Gasteiger partial charge >= 0.3 is 0 Å². The minimum absolute atomic E-state index is 0.629. The minimum atomic E-state index is 0.629. The molecule has 0 aliphatic rings. The highest BCUT2D eigenvalue weighted by Gasteiger charge is 2.08. The molecule has 2 heteroatoms. The summed E-state index contributed by atoms with van der Waals surface area (Å²) >= 11 is 0. The van der Waals surface area contributed by atoms with Crippen LogP contribution in [0.1, 0.15) is 56.7 Å². The Kier molecular flexibility index (Phi) is 7.68. The molecule has 0 spiro atoms. The normalized spacial score (nSPS) is 12.4. The third-order valence-electron chi connectivity index (χ3n) is 3.57. The van der Waals surface area contributed by atoms with Crippen LogP contribution in [0.25, 0.3) is 0 Å². The van der Waals surface area contributed by atoms with E-state index in [1.807, 2.05) is 0 Å². The zero-order valence-electron chi connectivity index (χ0n) is 13.9. The van der Waals surface area contributed by atoms with Crippen molar-refractivity contribution in [1.29, 1.82) is 0 Å². The lowest BCUT2D eigenvalue weighted by molar-refractivity contribution is 0.248. The van der Waals surface area contributed by atoms with E-state index in [-0.39, 0.29) is 0 Å². The van der Waals surface area contributed by atoms with Crippen molar-refractivity contribution >= 4 is 0 Å². The highest BCUT2D eigenvalue weighted by atomic mass is 16.5. The first-order valence-corrected chi connectivity index (χ1v) is 8.02. The first-order chi connectivity index (χ1) is 9.58. The van der Waals surface area contributed by atoms with Crippen LogP contribution in [0.15, 0.2) is 12.1 Å². The molecule has 0 aliphatic heterocycles. The molecule has 1 N–H and O–H groups in total. The number of hydrogen-bond acceptors (Lipinski definition) is 2. The first-order valence-electron chi connectivity index (χ1n) is 8.02. The second-order valence-corrected chi connectivity index (χ2v) is 5.94. The van der Waals surface area contributed by atoms with Crippen LogP contribution in [0.4, 0.5) is 0 Å². The van der Waals surface area contributed by atoms with Crippen LogP contribution in [0.2, 0.25) is 0 Å². The van der Waals surface area contributed by atoms with Gasteiger partial charge in [0.25, 0.3) is 0 Å². The molecule has 0 radical (unpaired) electrons. The summed E-state index contributed by atoms with van der Waals surface area (Å²) in [6, 6.07) is 4.49. The van der Waals surface area contributed by atoms with E-state index >= 15 is 0 Å². The highest BCUT2D eigenvalue weighted by Crippen LogP contribution is 2.25. The molecular formula is C18H31NO. The van der Waals surface area contributed by atoms with Crippen molar-refractivity contribution in [2.75, 3.05) is 13.2 Å². The number of nitrogens with one attached hydrogen (secondary N) is 1. The fraction of sp³-hybridized carbons (Fsp3) is 0.667. The van der Waals surface area contributed by atoms with E-state index in [9.17, 15) is 0 Å². The Balaban J connectivity index is 2.64. The van der Waals surface area contributed by atoms with Gasteiger partial charge in [0.15, 0.2) is 0 Å². The largest absolute Gasteiger partial charge is 0.493 e. The van der Waals surface area contributed by atoms with Crippen molar-refractivity contribution in [3.05, 3.63) is 28.8 Å².